The molecule has 1 amide bonds. The average Bonchev–Trinajstić information content (AvgIpc) is 2.38. The number of primary amides is 1. The zero-order valence-corrected chi connectivity index (χ0v) is 11.4. The third-order valence-electron chi connectivity index (χ3n) is 2.74. The SMILES string of the molecule is NC(=O)C1COCCN1c1ncc(Br)cc1[N+](=O)[O-]. The molecule has 1 aromatic heterocycles. The van der Waals surface area contributed by atoms with Crippen molar-refractivity contribution in [2.45, 2.75) is 6.04 Å². The van der Waals surface area contributed by atoms with Crippen LogP contribution in [0.5, 0.6) is 0 Å². The summed E-state index contributed by atoms with van der Waals surface area (Å²) in [6.07, 6.45) is 1.44. The fraction of sp³-hybridized carbons (Fsp3) is 0.400. The molecule has 2 N–H and O–H groups in total. The lowest BCUT2D eigenvalue weighted by molar-refractivity contribution is -0.384. The number of hydrogen-bond donors (Lipinski definition) is 1. The van der Waals surface area contributed by atoms with E-state index in [-0.39, 0.29) is 18.1 Å². The summed E-state index contributed by atoms with van der Waals surface area (Å²) in [5.41, 5.74) is 5.11. The Balaban J connectivity index is 2.44. The number of halogens is 1. The Kier molecular flexibility index (Phi) is 3.96. The number of nitrogens with two attached hydrogens (primary N) is 1. The topological polar surface area (TPSA) is 112 Å². The molecular formula is C10H11BrN4O4. The number of nitrogens with zero attached hydrogens (tertiary/aromatic N) is 3. The monoisotopic (exact) mass is 330 g/mol. The second kappa shape index (κ2) is 5.49. The van der Waals surface area contributed by atoms with E-state index in [9.17, 15) is 14.9 Å². The molecule has 1 atom stereocenters. The molecule has 8 nitrogen and oxygen atoms in total. The normalized spacial score (nSPS) is 19.2. The maximum Gasteiger partial charge on any atom is 0.312 e. The Morgan fingerprint density at radius 3 is 3.05 bits per heavy atom. The molecule has 1 fully saturated rings. The fourth-order valence-corrected chi connectivity index (χ4v) is 2.19. The van der Waals surface area contributed by atoms with Gasteiger partial charge in [0, 0.05) is 23.3 Å². The summed E-state index contributed by atoms with van der Waals surface area (Å²) in [4.78, 5) is 27.4. The van der Waals surface area contributed by atoms with Crippen molar-refractivity contribution in [1.29, 1.82) is 0 Å². The second-order valence-corrected chi connectivity index (χ2v) is 4.86. The lowest BCUT2D eigenvalue weighted by atomic mass is 10.2. The first-order valence-electron chi connectivity index (χ1n) is 5.44. The van der Waals surface area contributed by atoms with Gasteiger partial charge < -0.3 is 15.4 Å². The molecule has 0 spiro atoms. The van der Waals surface area contributed by atoms with Crippen LogP contribution in [0.25, 0.3) is 0 Å². The van der Waals surface area contributed by atoms with Crippen LogP contribution in [-0.2, 0) is 9.53 Å². The maximum absolute atomic E-state index is 11.4. The van der Waals surface area contributed by atoms with E-state index in [0.29, 0.717) is 17.6 Å². The minimum Gasteiger partial charge on any atom is -0.377 e. The van der Waals surface area contributed by atoms with Crippen LogP contribution in [0.4, 0.5) is 11.5 Å². The summed E-state index contributed by atoms with van der Waals surface area (Å²) in [7, 11) is 0. The van der Waals surface area contributed by atoms with Crippen LogP contribution in [0.15, 0.2) is 16.7 Å². The minimum atomic E-state index is -0.749. The minimum absolute atomic E-state index is 0.101. The number of amides is 1. The smallest absolute Gasteiger partial charge is 0.312 e. The highest BCUT2D eigenvalue weighted by Crippen LogP contribution is 2.30. The number of carbonyl (C=O) groups excluding carboxylic acids is 1. The van der Waals surface area contributed by atoms with Gasteiger partial charge >= 0.3 is 5.69 Å². The van der Waals surface area contributed by atoms with E-state index in [0.717, 1.165) is 0 Å². The molecule has 0 bridgehead atoms. The summed E-state index contributed by atoms with van der Waals surface area (Å²) in [6, 6.07) is 0.594. The van der Waals surface area contributed by atoms with Crippen LogP contribution < -0.4 is 10.6 Å². The van der Waals surface area contributed by atoms with Gasteiger partial charge in [-0.2, -0.15) is 0 Å². The zero-order valence-electron chi connectivity index (χ0n) is 9.78. The van der Waals surface area contributed by atoms with Crippen LogP contribution in [0.2, 0.25) is 0 Å². The largest absolute Gasteiger partial charge is 0.377 e. The molecule has 1 saturated heterocycles. The van der Waals surface area contributed by atoms with Crippen molar-refractivity contribution in [2.24, 2.45) is 5.73 Å². The molecular weight excluding hydrogens is 320 g/mol. The van der Waals surface area contributed by atoms with E-state index in [1.54, 1.807) is 0 Å². The number of aromatic nitrogens is 1. The first kappa shape index (κ1) is 13.7. The maximum atomic E-state index is 11.4. The Morgan fingerprint density at radius 2 is 2.42 bits per heavy atom. The molecule has 9 heteroatoms. The molecule has 0 saturated carbocycles. The summed E-state index contributed by atoms with van der Waals surface area (Å²) >= 11 is 3.13. The predicted molar refractivity (Wildman–Crippen MR) is 69.7 cm³/mol. The molecule has 2 heterocycles. The van der Waals surface area contributed by atoms with Crippen LogP contribution in [-0.4, -0.2) is 41.6 Å². The molecule has 1 unspecified atom stereocenters. The Bertz CT molecular complexity index is 524. The van der Waals surface area contributed by atoms with Gasteiger partial charge in [-0.15, -0.1) is 0 Å². The van der Waals surface area contributed by atoms with Crippen molar-refractivity contribution in [2.75, 3.05) is 24.7 Å². The van der Waals surface area contributed by atoms with Crippen molar-refractivity contribution in [1.82, 2.24) is 4.98 Å². The van der Waals surface area contributed by atoms with Crippen LogP contribution in [0.3, 0.4) is 0 Å². The molecule has 0 radical (unpaired) electrons. The second-order valence-electron chi connectivity index (χ2n) is 3.94. The summed E-state index contributed by atoms with van der Waals surface area (Å²) in [5.74, 6) is -0.473. The molecule has 102 valence electrons. The molecule has 0 aliphatic carbocycles. The van der Waals surface area contributed by atoms with Gasteiger partial charge in [0.15, 0.2) is 0 Å². The molecule has 1 aliphatic heterocycles. The first-order valence-corrected chi connectivity index (χ1v) is 6.23. The quantitative estimate of drug-likeness (QED) is 0.635. The average molecular weight is 331 g/mol. The summed E-state index contributed by atoms with van der Waals surface area (Å²) < 4.78 is 5.66. The van der Waals surface area contributed by atoms with Crippen molar-refractivity contribution in [3.8, 4) is 0 Å². The van der Waals surface area contributed by atoms with E-state index >= 15 is 0 Å². The number of morpholine rings is 1. The van der Waals surface area contributed by atoms with Crippen molar-refractivity contribution in [3.05, 3.63) is 26.9 Å². The molecule has 0 aromatic carbocycles. The van der Waals surface area contributed by atoms with E-state index in [1.165, 1.54) is 17.2 Å². The summed E-state index contributed by atoms with van der Waals surface area (Å²) in [6.45, 7) is 0.784. The van der Waals surface area contributed by atoms with Gasteiger partial charge in [0.25, 0.3) is 0 Å². The molecule has 19 heavy (non-hydrogen) atoms. The Labute approximate surface area is 116 Å². The standard InChI is InChI=1S/C10H11BrN4O4/c11-6-3-7(15(17)18)10(13-4-6)14-1-2-19-5-8(14)9(12)16/h3-4,8H,1-2,5H2,(H2,12,16). The third kappa shape index (κ3) is 2.82. The fourth-order valence-electron chi connectivity index (χ4n) is 1.87. The van der Waals surface area contributed by atoms with Gasteiger partial charge in [-0.05, 0) is 15.9 Å². The summed E-state index contributed by atoms with van der Waals surface area (Å²) in [5, 5.41) is 11.1. The number of nitro groups is 1. The Morgan fingerprint density at radius 1 is 1.68 bits per heavy atom. The highest BCUT2D eigenvalue weighted by Gasteiger charge is 2.33. The molecule has 2 rings (SSSR count). The van der Waals surface area contributed by atoms with Gasteiger partial charge in [-0.25, -0.2) is 4.98 Å². The van der Waals surface area contributed by atoms with Gasteiger partial charge in [-0.1, -0.05) is 0 Å². The van der Waals surface area contributed by atoms with Gasteiger partial charge in [0.05, 0.1) is 18.1 Å². The van der Waals surface area contributed by atoms with Crippen molar-refractivity contribution >= 4 is 33.3 Å². The number of carbonyl (C=O) groups is 1. The number of pyridine rings is 1. The van der Waals surface area contributed by atoms with Gasteiger partial charge in [0.1, 0.15) is 6.04 Å². The van der Waals surface area contributed by atoms with Crippen molar-refractivity contribution in [3.63, 3.8) is 0 Å². The van der Waals surface area contributed by atoms with E-state index in [1.807, 2.05) is 0 Å². The molecule has 1 aliphatic rings. The zero-order chi connectivity index (χ0) is 14.0. The van der Waals surface area contributed by atoms with E-state index in [2.05, 4.69) is 20.9 Å². The number of hydrogen-bond acceptors (Lipinski definition) is 6. The van der Waals surface area contributed by atoms with Gasteiger partial charge in [-0.3, -0.25) is 14.9 Å². The lowest BCUT2D eigenvalue weighted by Crippen LogP contribution is -2.53. The number of rotatable bonds is 3. The highest BCUT2D eigenvalue weighted by molar-refractivity contribution is 9.10. The Hall–Kier alpha value is -1.74. The predicted octanol–water partition coefficient (Wildman–Crippen LogP) is 0.443. The number of anilines is 1. The highest BCUT2D eigenvalue weighted by atomic mass is 79.9. The van der Waals surface area contributed by atoms with Crippen LogP contribution >= 0.6 is 15.9 Å². The van der Waals surface area contributed by atoms with Crippen LogP contribution in [0.1, 0.15) is 0 Å². The van der Waals surface area contributed by atoms with Crippen molar-refractivity contribution < 1.29 is 14.5 Å². The number of ether oxygens (including phenoxy) is 1. The molecule has 1 aromatic rings. The van der Waals surface area contributed by atoms with E-state index < -0.39 is 16.9 Å². The van der Waals surface area contributed by atoms with E-state index in [4.69, 9.17) is 10.5 Å². The van der Waals surface area contributed by atoms with Crippen LogP contribution in [0, 0.1) is 10.1 Å². The third-order valence-corrected chi connectivity index (χ3v) is 3.17. The van der Waals surface area contributed by atoms with Gasteiger partial charge in [0.2, 0.25) is 11.7 Å². The lowest BCUT2D eigenvalue weighted by Gasteiger charge is -2.33. The first-order chi connectivity index (χ1) is 9.00.